The van der Waals surface area contributed by atoms with Crippen molar-refractivity contribution in [3.63, 3.8) is 0 Å². The maximum atomic E-state index is 6.10. The van der Waals surface area contributed by atoms with E-state index in [9.17, 15) is 0 Å². The highest BCUT2D eigenvalue weighted by Crippen LogP contribution is 2.37. The van der Waals surface area contributed by atoms with Gasteiger partial charge in [0, 0.05) is 0 Å². The number of hydrogen-bond donors (Lipinski definition) is 0. The van der Waals surface area contributed by atoms with Crippen LogP contribution in [0.3, 0.4) is 0 Å². The summed E-state index contributed by atoms with van der Waals surface area (Å²) in [7, 11) is -3.23. The Kier molecular flexibility index (Phi) is 6.93. The first-order valence-corrected chi connectivity index (χ1v) is 13.5. The molecule has 0 saturated heterocycles. The van der Waals surface area contributed by atoms with Gasteiger partial charge in [-0.2, -0.15) is 0 Å². The maximum absolute atomic E-state index is 6.10. The van der Waals surface area contributed by atoms with Crippen LogP contribution in [0.25, 0.3) is 0 Å². The van der Waals surface area contributed by atoms with Crippen LogP contribution in [-0.2, 0) is 8.85 Å². The summed E-state index contributed by atoms with van der Waals surface area (Å²) in [6.07, 6.45) is 4.21. The molecule has 0 aliphatic rings. The fourth-order valence-electron chi connectivity index (χ4n) is 1.08. The summed E-state index contributed by atoms with van der Waals surface area (Å²) in [6, 6.07) is 0. The largest absolute Gasteiger partial charge is 0.413 e. The summed E-state index contributed by atoms with van der Waals surface area (Å²) in [5.41, 5.74) is 0. The van der Waals surface area contributed by atoms with E-state index in [2.05, 4.69) is 79.9 Å². The number of hydrogen-bond acceptors (Lipinski definition) is 2. The summed E-state index contributed by atoms with van der Waals surface area (Å²) in [6.45, 7) is 24.2. The van der Waals surface area contributed by atoms with E-state index in [-0.39, 0.29) is 10.1 Å². The Hall–Kier alpha value is 0.0938. The van der Waals surface area contributed by atoms with Gasteiger partial charge in [-0.25, -0.2) is 0 Å². The van der Waals surface area contributed by atoms with Crippen molar-refractivity contribution in [3.05, 3.63) is 12.2 Å². The molecule has 0 N–H and O–H groups in total. The normalized spacial score (nSPS) is 15.1. The lowest BCUT2D eigenvalue weighted by atomic mass is 10.2. The average molecular weight is 317 g/mol. The molecule has 0 aromatic carbocycles. The van der Waals surface area contributed by atoms with E-state index in [0.717, 1.165) is 0 Å². The van der Waals surface area contributed by atoms with E-state index < -0.39 is 16.6 Å². The predicted octanol–water partition coefficient (Wildman–Crippen LogP) is 5.59. The van der Waals surface area contributed by atoms with E-state index in [4.69, 9.17) is 8.85 Å². The summed E-state index contributed by atoms with van der Waals surface area (Å²) in [5.74, 6) is 0. The van der Waals surface area contributed by atoms with Gasteiger partial charge in [-0.3, -0.25) is 0 Å². The Morgan fingerprint density at radius 2 is 0.900 bits per heavy atom. The van der Waals surface area contributed by atoms with Crippen LogP contribution in [0.2, 0.25) is 36.3 Å². The molecule has 0 aromatic heterocycles. The van der Waals surface area contributed by atoms with Gasteiger partial charge in [0.05, 0.1) is 13.2 Å². The van der Waals surface area contributed by atoms with E-state index in [1.165, 1.54) is 0 Å². The van der Waals surface area contributed by atoms with Crippen LogP contribution in [0.4, 0.5) is 0 Å². The van der Waals surface area contributed by atoms with Gasteiger partial charge in [0.1, 0.15) is 0 Å². The minimum Gasteiger partial charge on any atom is -0.413 e. The molecule has 0 amide bonds. The second kappa shape index (κ2) is 6.90. The van der Waals surface area contributed by atoms with E-state index in [0.29, 0.717) is 13.2 Å². The van der Waals surface area contributed by atoms with Gasteiger partial charge in [0.2, 0.25) is 0 Å². The van der Waals surface area contributed by atoms with Crippen LogP contribution in [0.1, 0.15) is 41.5 Å². The zero-order valence-corrected chi connectivity index (χ0v) is 17.4. The fourth-order valence-corrected chi connectivity index (χ4v) is 2.97. The van der Waals surface area contributed by atoms with E-state index >= 15 is 0 Å². The second-order valence-electron chi connectivity index (χ2n) is 8.61. The molecule has 4 heteroatoms. The summed E-state index contributed by atoms with van der Waals surface area (Å²) in [4.78, 5) is 0. The molecule has 2 nitrogen and oxygen atoms in total. The van der Waals surface area contributed by atoms with Crippen molar-refractivity contribution in [1.82, 2.24) is 0 Å². The Morgan fingerprint density at radius 1 is 0.650 bits per heavy atom. The van der Waals surface area contributed by atoms with Crippen LogP contribution >= 0.6 is 0 Å². The van der Waals surface area contributed by atoms with Crippen LogP contribution < -0.4 is 0 Å². The topological polar surface area (TPSA) is 18.5 Å². The monoisotopic (exact) mass is 316 g/mol. The Bertz CT molecular complexity index is 288. The molecule has 0 heterocycles. The molecule has 0 aliphatic heterocycles. The van der Waals surface area contributed by atoms with Crippen molar-refractivity contribution in [1.29, 1.82) is 0 Å². The van der Waals surface area contributed by atoms with Gasteiger partial charge in [-0.1, -0.05) is 53.7 Å². The molecule has 0 bridgehead atoms. The third kappa shape index (κ3) is 6.25. The first-order chi connectivity index (χ1) is 8.71. The van der Waals surface area contributed by atoms with Crippen molar-refractivity contribution in [2.24, 2.45) is 0 Å². The molecule has 0 saturated carbocycles. The molecular formula is C16H36O2Si2. The van der Waals surface area contributed by atoms with Crippen LogP contribution in [0.5, 0.6) is 0 Å². The second-order valence-corrected chi connectivity index (χ2v) is 18.2. The first-order valence-electron chi connectivity index (χ1n) is 7.64. The van der Waals surface area contributed by atoms with Crippen LogP contribution in [0, 0.1) is 0 Å². The molecule has 0 radical (unpaired) electrons. The Labute approximate surface area is 129 Å². The lowest BCUT2D eigenvalue weighted by Gasteiger charge is -2.36. The van der Waals surface area contributed by atoms with Gasteiger partial charge < -0.3 is 8.85 Å². The highest BCUT2D eigenvalue weighted by molar-refractivity contribution is 6.74. The minimum absolute atomic E-state index is 0.276. The molecule has 120 valence electrons. The van der Waals surface area contributed by atoms with Crippen molar-refractivity contribution in [2.45, 2.75) is 77.8 Å². The zero-order chi connectivity index (χ0) is 16.2. The summed E-state index contributed by atoms with van der Waals surface area (Å²) >= 11 is 0. The first kappa shape index (κ1) is 20.1. The van der Waals surface area contributed by atoms with E-state index in [1.54, 1.807) is 0 Å². The molecule has 0 aliphatic carbocycles. The molecular weight excluding hydrogens is 280 g/mol. The predicted molar refractivity (Wildman–Crippen MR) is 95.4 cm³/mol. The third-order valence-corrected chi connectivity index (χ3v) is 13.9. The highest BCUT2D eigenvalue weighted by atomic mass is 28.4. The van der Waals surface area contributed by atoms with Gasteiger partial charge in [-0.15, -0.1) is 0 Å². The standard InChI is InChI=1S/C16H36O2Si2/c1-15(2,3)19(7,8)17-13-11-12-14-18-20(9,10)16(4,5)6/h11-12H,13-14H2,1-10H3/b12-11+. The average Bonchev–Trinajstić information content (AvgIpc) is 2.19. The molecule has 0 fully saturated rings. The van der Waals surface area contributed by atoms with Crippen molar-refractivity contribution >= 4 is 16.6 Å². The quantitative estimate of drug-likeness (QED) is 0.470. The molecule has 20 heavy (non-hydrogen) atoms. The molecule has 0 unspecified atom stereocenters. The van der Waals surface area contributed by atoms with Crippen molar-refractivity contribution in [3.8, 4) is 0 Å². The highest BCUT2D eigenvalue weighted by Gasteiger charge is 2.37. The van der Waals surface area contributed by atoms with Gasteiger partial charge in [0.15, 0.2) is 16.6 Å². The lowest BCUT2D eigenvalue weighted by Crippen LogP contribution is -2.41. The fraction of sp³-hybridized carbons (Fsp3) is 0.875. The smallest absolute Gasteiger partial charge is 0.192 e. The minimum atomic E-state index is -1.62. The Morgan fingerprint density at radius 3 is 1.10 bits per heavy atom. The van der Waals surface area contributed by atoms with Gasteiger partial charge in [-0.05, 0) is 36.3 Å². The van der Waals surface area contributed by atoms with Gasteiger partial charge >= 0.3 is 0 Å². The Balaban J connectivity index is 4.14. The molecule has 0 spiro atoms. The SMILES string of the molecule is CC(C)(C)[Si](C)(C)OC/C=C/CO[Si](C)(C)C(C)(C)C. The number of rotatable bonds is 6. The third-order valence-electron chi connectivity index (χ3n) is 4.86. The van der Waals surface area contributed by atoms with Gasteiger partial charge in [0.25, 0.3) is 0 Å². The molecule has 0 aromatic rings. The van der Waals surface area contributed by atoms with Crippen molar-refractivity contribution in [2.75, 3.05) is 13.2 Å². The van der Waals surface area contributed by atoms with Crippen LogP contribution in [0.15, 0.2) is 12.2 Å². The molecule has 0 atom stereocenters. The maximum Gasteiger partial charge on any atom is 0.192 e. The van der Waals surface area contributed by atoms with Crippen molar-refractivity contribution < 1.29 is 8.85 Å². The lowest BCUT2D eigenvalue weighted by molar-refractivity contribution is 0.317. The summed E-state index contributed by atoms with van der Waals surface area (Å²) < 4.78 is 12.2. The molecule has 0 rings (SSSR count). The zero-order valence-electron chi connectivity index (χ0n) is 15.4. The summed E-state index contributed by atoms with van der Waals surface area (Å²) in [5, 5.41) is 0.553. The van der Waals surface area contributed by atoms with Crippen LogP contribution in [-0.4, -0.2) is 29.8 Å². The van der Waals surface area contributed by atoms with E-state index in [1.807, 2.05) is 0 Å².